The average molecular weight is 459 g/mol. The van der Waals surface area contributed by atoms with Crippen LogP contribution in [0, 0.1) is 10.1 Å². The van der Waals surface area contributed by atoms with Crippen LogP contribution in [0.15, 0.2) is 47.4 Å². The molecule has 0 fully saturated rings. The summed E-state index contributed by atoms with van der Waals surface area (Å²) in [5.41, 5.74) is -0.0643. The Morgan fingerprint density at radius 1 is 0.839 bits per heavy atom. The highest BCUT2D eigenvalue weighted by atomic mass is 32.2. The van der Waals surface area contributed by atoms with Crippen molar-refractivity contribution in [1.82, 2.24) is 4.72 Å². The van der Waals surface area contributed by atoms with Crippen molar-refractivity contribution >= 4 is 15.7 Å². The van der Waals surface area contributed by atoms with Crippen LogP contribution in [-0.2, 0) is 10.0 Å². The molecule has 0 saturated heterocycles. The molecule has 0 bridgehead atoms. The minimum absolute atomic E-state index is 0.0643. The van der Waals surface area contributed by atoms with Gasteiger partial charge in [-0.1, -0.05) is 55.4 Å². The van der Waals surface area contributed by atoms with Crippen LogP contribution in [0.3, 0.4) is 0 Å². The highest BCUT2D eigenvalue weighted by molar-refractivity contribution is 7.89. The van der Waals surface area contributed by atoms with Gasteiger partial charge in [0.2, 0.25) is 10.0 Å². The first kappa shape index (κ1) is 33.0. The van der Waals surface area contributed by atoms with Crippen molar-refractivity contribution in [2.75, 3.05) is 14.2 Å². The summed E-state index contributed by atoms with van der Waals surface area (Å²) in [6, 6.07) is 9.75. The fourth-order valence-electron chi connectivity index (χ4n) is 1.81. The topological polar surface area (TPSA) is 108 Å². The van der Waals surface area contributed by atoms with Crippen molar-refractivity contribution < 1.29 is 22.8 Å². The van der Waals surface area contributed by atoms with E-state index in [-0.39, 0.29) is 22.1 Å². The van der Waals surface area contributed by atoms with Crippen LogP contribution in [0.1, 0.15) is 55.4 Å². The van der Waals surface area contributed by atoms with Crippen LogP contribution in [-0.4, -0.2) is 27.5 Å². The predicted octanol–water partition coefficient (Wildman–Crippen LogP) is 6.41. The molecule has 0 aromatic heterocycles. The third-order valence-electron chi connectivity index (χ3n) is 2.98. The van der Waals surface area contributed by atoms with E-state index in [0.717, 1.165) is 0 Å². The van der Waals surface area contributed by atoms with Gasteiger partial charge in [-0.15, -0.1) is 0 Å². The second-order valence-electron chi connectivity index (χ2n) is 4.37. The Hall–Kier alpha value is -2.65. The summed E-state index contributed by atoms with van der Waals surface area (Å²) in [4.78, 5) is 10.0. The molecule has 0 spiro atoms. The monoisotopic (exact) mass is 458 g/mol. The first-order valence-corrected chi connectivity index (χ1v) is 11.9. The fourth-order valence-corrected chi connectivity index (χ4v) is 2.72. The number of rotatable bonds is 6. The van der Waals surface area contributed by atoms with Gasteiger partial charge >= 0.3 is 0 Å². The van der Waals surface area contributed by atoms with Gasteiger partial charge in [0.1, 0.15) is 22.1 Å². The third-order valence-corrected chi connectivity index (χ3v) is 4.41. The van der Waals surface area contributed by atoms with Gasteiger partial charge < -0.3 is 9.47 Å². The summed E-state index contributed by atoms with van der Waals surface area (Å²) in [6.07, 6.45) is 0. The highest BCUT2D eigenvalue weighted by Gasteiger charge is 2.19. The lowest BCUT2D eigenvalue weighted by atomic mass is 10.3. The van der Waals surface area contributed by atoms with Crippen molar-refractivity contribution in [3.05, 3.63) is 52.6 Å². The van der Waals surface area contributed by atoms with E-state index in [1.54, 1.807) is 0 Å². The van der Waals surface area contributed by atoms with E-state index >= 15 is 0 Å². The number of nitrogens with one attached hydrogen (secondary N) is 1. The minimum Gasteiger partial charge on any atom is -0.495 e. The number of nitro groups is 1. The van der Waals surface area contributed by atoms with Gasteiger partial charge in [0.25, 0.3) is 5.69 Å². The first-order valence-electron chi connectivity index (χ1n) is 10.4. The second-order valence-corrected chi connectivity index (χ2v) is 6.23. The lowest BCUT2D eigenvalue weighted by Crippen LogP contribution is -2.19. The number of nitro benzene ring substituents is 1. The van der Waals surface area contributed by atoms with Gasteiger partial charge in [-0.05, 0) is 31.3 Å². The summed E-state index contributed by atoms with van der Waals surface area (Å²) < 4.78 is 36.7. The Morgan fingerprint density at radius 3 is 1.68 bits per heavy atom. The Labute approximate surface area is 187 Å². The summed E-state index contributed by atoms with van der Waals surface area (Å²) in [5.74, 6) is 0.775. The number of sulfonamides is 1. The van der Waals surface area contributed by atoms with Crippen molar-refractivity contribution in [2.24, 2.45) is 0 Å². The molecule has 2 rings (SSSR count). The van der Waals surface area contributed by atoms with Crippen molar-refractivity contribution in [3.63, 3.8) is 0 Å². The predicted molar refractivity (Wildman–Crippen MR) is 128 cm³/mol. The molecule has 178 valence electrons. The zero-order chi connectivity index (χ0) is 25.0. The maximum atomic E-state index is 12.0. The molecule has 0 heterocycles. The number of ether oxygens (including phenoxy) is 2. The Morgan fingerprint density at radius 2 is 1.29 bits per heavy atom. The van der Waals surface area contributed by atoms with Crippen LogP contribution in [0.4, 0.5) is 5.69 Å². The molecule has 8 nitrogen and oxygen atoms in total. The zero-order valence-corrected chi connectivity index (χ0v) is 21.2. The summed E-state index contributed by atoms with van der Waals surface area (Å²) in [6.45, 7) is 16.0. The summed E-state index contributed by atoms with van der Waals surface area (Å²) in [5, 5.41) is 10.6. The van der Waals surface area contributed by atoms with Crippen molar-refractivity contribution in [2.45, 2.75) is 60.3 Å². The molecule has 0 atom stereocenters. The summed E-state index contributed by atoms with van der Waals surface area (Å²) in [7, 11) is -1.07. The molecular weight excluding hydrogens is 420 g/mol. The van der Waals surface area contributed by atoms with E-state index in [9.17, 15) is 18.5 Å². The minimum atomic E-state index is -3.72. The van der Waals surface area contributed by atoms with Crippen LogP contribution in [0.25, 0.3) is 0 Å². The molecule has 0 saturated carbocycles. The zero-order valence-electron chi connectivity index (χ0n) is 20.3. The van der Waals surface area contributed by atoms with Gasteiger partial charge in [0.15, 0.2) is 0 Å². The van der Waals surface area contributed by atoms with Gasteiger partial charge in [-0.2, -0.15) is 0 Å². The lowest BCUT2D eigenvalue weighted by molar-refractivity contribution is -0.384. The number of hydrogen-bond donors (Lipinski definition) is 1. The average Bonchev–Trinajstić information content (AvgIpc) is 2.84. The van der Waals surface area contributed by atoms with E-state index in [1.165, 1.54) is 56.6 Å². The maximum absolute atomic E-state index is 12.0. The van der Waals surface area contributed by atoms with Gasteiger partial charge in [-0.25, -0.2) is 13.1 Å². The van der Waals surface area contributed by atoms with Crippen molar-refractivity contribution in [3.8, 4) is 17.2 Å². The quantitative estimate of drug-likeness (QED) is 0.396. The van der Waals surface area contributed by atoms with Gasteiger partial charge in [-0.3, -0.25) is 10.1 Å². The fraction of sp³-hybridized carbons (Fsp3) is 0.455. The van der Waals surface area contributed by atoms with Crippen LogP contribution in [0.5, 0.6) is 17.2 Å². The molecule has 0 aliphatic heterocycles. The number of methoxy groups -OCH3 is 1. The molecule has 1 N–H and O–H groups in total. The van der Waals surface area contributed by atoms with E-state index in [1.807, 2.05) is 55.4 Å². The first-order chi connectivity index (χ1) is 14.9. The highest BCUT2D eigenvalue weighted by Crippen LogP contribution is 2.31. The number of non-ortho nitro benzene ring substituents is 1. The SMILES string of the molecule is CC.CC.CC.CC.CNS(=O)(=O)c1cc(Oc2ccc([N+](=O)[O-])cc2)ccc1OC. The van der Waals surface area contributed by atoms with E-state index in [0.29, 0.717) is 5.75 Å². The molecule has 2 aromatic rings. The molecule has 31 heavy (non-hydrogen) atoms. The molecule has 9 heteroatoms. The van der Waals surface area contributed by atoms with Crippen molar-refractivity contribution in [1.29, 1.82) is 0 Å². The molecule has 0 aliphatic carbocycles. The summed E-state index contributed by atoms with van der Waals surface area (Å²) >= 11 is 0. The Balaban J connectivity index is -0.000000879. The second kappa shape index (κ2) is 19.3. The largest absolute Gasteiger partial charge is 0.495 e. The molecular formula is C22H38N2O6S. The third kappa shape index (κ3) is 11.4. The molecule has 0 aliphatic rings. The van der Waals surface area contributed by atoms with Crippen LogP contribution >= 0.6 is 0 Å². The number of hydrogen-bond acceptors (Lipinski definition) is 6. The van der Waals surface area contributed by atoms with E-state index < -0.39 is 14.9 Å². The molecule has 2 aromatic carbocycles. The van der Waals surface area contributed by atoms with Gasteiger partial charge in [0.05, 0.1) is 12.0 Å². The normalized spacial score (nSPS) is 8.97. The van der Waals surface area contributed by atoms with Gasteiger partial charge in [0, 0.05) is 18.2 Å². The maximum Gasteiger partial charge on any atom is 0.269 e. The number of benzene rings is 2. The standard InChI is InChI=1S/C14H14N2O6S.4C2H6/c1-15-23(19,20)14-9-12(7-8-13(14)21-2)22-11-5-3-10(4-6-11)16(17)18;4*1-2/h3-9,15H,1-2H3;4*1-2H3. The lowest BCUT2D eigenvalue weighted by Gasteiger charge is -2.11. The number of nitrogens with zero attached hydrogens (tertiary/aromatic N) is 1. The molecule has 0 unspecified atom stereocenters. The van der Waals surface area contributed by atoms with Crippen LogP contribution < -0.4 is 14.2 Å². The molecule has 0 amide bonds. The van der Waals surface area contributed by atoms with E-state index in [4.69, 9.17) is 9.47 Å². The Kier molecular flexibility index (Phi) is 20.6. The van der Waals surface area contributed by atoms with Crippen LogP contribution in [0.2, 0.25) is 0 Å². The molecule has 0 radical (unpaired) electrons. The Bertz CT molecular complexity index is 822. The van der Waals surface area contributed by atoms with E-state index in [2.05, 4.69) is 4.72 Å². The smallest absolute Gasteiger partial charge is 0.269 e.